The summed E-state index contributed by atoms with van der Waals surface area (Å²) in [7, 11) is 0. The molecule has 3 N–H and O–H groups in total. The summed E-state index contributed by atoms with van der Waals surface area (Å²) in [4.78, 5) is 24.4. The van der Waals surface area contributed by atoms with E-state index in [0.29, 0.717) is 28.1 Å². The fourth-order valence-corrected chi connectivity index (χ4v) is 2.54. The summed E-state index contributed by atoms with van der Waals surface area (Å²) in [6.45, 7) is 1.69. The lowest BCUT2D eigenvalue weighted by atomic mass is 10.1. The Morgan fingerprint density at radius 3 is 2.07 bits per heavy atom. The number of hydrogen-bond donors (Lipinski definition) is 3. The molecule has 3 aromatic rings. The van der Waals surface area contributed by atoms with Gasteiger partial charge in [0.25, 0.3) is 11.8 Å². The molecule has 0 atom stereocenters. The van der Waals surface area contributed by atoms with Crippen LogP contribution in [0.2, 0.25) is 0 Å². The zero-order valence-corrected chi connectivity index (χ0v) is 15.2. The van der Waals surface area contributed by atoms with Crippen LogP contribution >= 0.6 is 0 Å². The highest BCUT2D eigenvalue weighted by molar-refractivity contribution is 6.05. The third-order valence-electron chi connectivity index (χ3n) is 4.06. The number of aromatic hydroxyl groups is 1. The number of nitrogens with one attached hydrogen (secondary N) is 2. The molecule has 6 nitrogen and oxygen atoms in total. The van der Waals surface area contributed by atoms with Crippen molar-refractivity contribution in [3.63, 3.8) is 0 Å². The summed E-state index contributed by atoms with van der Waals surface area (Å²) in [5.41, 5.74) is 5.02. The van der Waals surface area contributed by atoms with Crippen molar-refractivity contribution in [1.29, 1.82) is 0 Å². The second-order valence-electron chi connectivity index (χ2n) is 6.05. The molecule has 0 saturated carbocycles. The van der Waals surface area contributed by atoms with Crippen LogP contribution in [0.1, 0.15) is 33.2 Å². The number of phenolic OH excluding ortho intramolecular Hbond substituents is 1. The number of para-hydroxylation sites is 1. The Labute approximate surface area is 162 Å². The van der Waals surface area contributed by atoms with Crippen LogP contribution in [0.25, 0.3) is 0 Å². The lowest BCUT2D eigenvalue weighted by molar-refractivity contribution is 0.0954. The maximum absolute atomic E-state index is 12.3. The minimum absolute atomic E-state index is 0.0940. The summed E-state index contributed by atoms with van der Waals surface area (Å²) >= 11 is 0. The van der Waals surface area contributed by atoms with Gasteiger partial charge in [-0.2, -0.15) is 5.10 Å². The number of carbonyl (C=O) groups excluding carboxylic acids is 2. The smallest absolute Gasteiger partial charge is 0.271 e. The molecule has 0 heterocycles. The molecule has 0 radical (unpaired) electrons. The van der Waals surface area contributed by atoms with Crippen molar-refractivity contribution in [3.05, 3.63) is 95.6 Å². The number of rotatable bonds is 5. The molecular formula is C22H19N3O3. The Balaban J connectivity index is 1.63. The molecule has 3 aromatic carbocycles. The number of nitrogens with zero attached hydrogens (tertiary/aromatic N) is 1. The van der Waals surface area contributed by atoms with Gasteiger partial charge in [0, 0.05) is 22.4 Å². The lowest BCUT2D eigenvalue weighted by Gasteiger charge is -2.07. The first-order valence-corrected chi connectivity index (χ1v) is 8.64. The predicted molar refractivity (Wildman–Crippen MR) is 109 cm³/mol. The average molecular weight is 373 g/mol. The molecule has 0 aliphatic carbocycles. The van der Waals surface area contributed by atoms with Crippen molar-refractivity contribution in [3.8, 4) is 5.75 Å². The number of phenols is 1. The second kappa shape index (κ2) is 8.64. The van der Waals surface area contributed by atoms with E-state index in [0.717, 1.165) is 0 Å². The third kappa shape index (κ3) is 4.62. The van der Waals surface area contributed by atoms with Crippen molar-refractivity contribution in [1.82, 2.24) is 5.43 Å². The van der Waals surface area contributed by atoms with Gasteiger partial charge < -0.3 is 10.4 Å². The molecule has 0 aromatic heterocycles. The van der Waals surface area contributed by atoms with Gasteiger partial charge in [-0.3, -0.25) is 9.59 Å². The summed E-state index contributed by atoms with van der Waals surface area (Å²) in [5.74, 6) is -0.520. The van der Waals surface area contributed by atoms with Gasteiger partial charge in [0.1, 0.15) is 5.75 Å². The molecule has 0 saturated heterocycles. The third-order valence-corrected chi connectivity index (χ3v) is 4.06. The Morgan fingerprint density at radius 2 is 1.39 bits per heavy atom. The van der Waals surface area contributed by atoms with Gasteiger partial charge in [-0.1, -0.05) is 30.3 Å². The number of carbonyl (C=O) groups is 2. The summed E-state index contributed by atoms with van der Waals surface area (Å²) in [6, 6.07) is 22.1. The Hall–Kier alpha value is -3.93. The molecule has 28 heavy (non-hydrogen) atoms. The molecule has 2 amide bonds. The molecule has 0 aliphatic heterocycles. The first kappa shape index (κ1) is 18.8. The van der Waals surface area contributed by atoms with Crippen LogP contribution in [0.4, 0.5) is 5.69 Å². The van der Waals surface area contributed by atoms with Gasteiger partial charge >= 0.3 is 0 Å². The zero-order chi connectivity index (χ0) is 19.9. The van der Waals surface area contributed by atoms with Crippen LogP contribution < -0.4 is 10.7 Å². The highest BCUT2D eigenvalue weighted by Gasteiger charge is 2.09. The molecule has 140 valence electrons. The first-order valence-electron chi connectivity index (χ1n) is 8.64. The molecule has 0 fully saturated rings. The molecule has 0 bridgehead atoms. The van der Waals surface area contributed by atoms with E-state index in [2.05, 4.69) is 15.8 Å². The van der Waals surface area contributed by atoms with Crippen LogP contribution in [0.5, 0.6) is 5.75 Å². The Kier molecular flexibility index (Phi) is 5.81. The maximum atomic E-state index is 12.3. The van der Waals surface area contributed by atoms with Crippen LogP contribution in [-0.4, -0.2) is 22.6 Å². The number of anilines is 1. The van der Waals surface area contributed by atoms with Gasteiger partial charge in [0.15, 0.2) is 0 Å². The first-order chi connectivity index (χ1) is 13.5. The SMILES string of the molecule is C/C(=N\NC(=O)c1ccc(NC(=O)c2ccccc2)cc1)c1ccccc1O. The molecule has 0 aliphatic rings. The Bertz CT molecular complexity index is 1010. The number of amides is 2. The van der Waals surface area contributed by atoms with Crippen molar-refractivity contribution in [2.24, 2.45) is 5.10 Å². The average Bonchev–Trinajstić information content (AvgIpc) is 2.73. The molecule has 0 spiro atoms. The van der Waals surface area contributed by atoms with Crippen LogP contribution in [-0.2, 0) is 0 Å². The van der Waals surface area contributed by atoms with E-state index in [9.17, 15) is 14.7 Å². The lowest BCUT2D eigenvalue weighted by Crippen LogP contribution is -2.19. The highest BCUT2D eigenvalue weighted by Crippen LogP contribution is 2.16. The van der Waals surface area contributed by atoms with E-state index in [4.69, 9.17) is 0 Å². The topological polar surface area (TPSA) is 90.8 Å². The monoisotopic (exact) mass is 373 g/mol. The maximum Gasteiger partial charge on any atom is 0.271 e. The van der Waals surface area contributed by atoms with Gasteiger partial charge in [0.2, 0.25) is 0 Å². The number of benzene rings is 3. The molecule has 0 unspecified atom stereocenters. The number of hydrogen-bond acceptors (Lipinski definition) is 4. The fraction of sp³-hybridized carbons (Fsp3) is 0.0455. The predicted octanol–water partition coefficient (Wildman–Crippen LogP) is 3.80. The normalized spacial score (nSPS) is 11.0. The van der Waals surface area contributed by atoms with Gasteiger partial charge in [-0.15, -0.1) is 0 Å². The van der Waals surface area contributed by atoms with E-state index >= 15 is 0 Å². The van der Waals surface area contributed by atoms with Crippen molar-refractivity contribution >= 4 is 23.2 Å². The van der Waals surface area contributed by atoms with Crippen molar-refractivity contribution < 1.29 is 14.7 Å². The van der Waals surface area contributed by atoms with Crippen LogP contribution in [0, 0.1) is 0 Å². The van der Waals surface area contributed by atoms with Crippen molar-refractivity contribution in [2.75, 3.05) is 5.32 Å². The van der Waals surface area contributed by atoms with Gasteiger partial charge in [-0.05, 0) is 55.5 Å². The van der Waals surface area contributed by atoms with E-state index < -0.39 is 5.91 Å². The second-order valence-corrected chi connectivity index (χ2v) is 6.05. The van der Waals surface area contributed by atoms with E-state index in [-0.39, 0.29) is 11.7 Å². The summed E-state index contributed by atoms with van der Waals surface area (Å²) < 4.78 is 0. The largest absolute Gasteiger partial charge is 0.507 e. The Morgan fingerprint density at radius 1 is 0.786 bits per heavy atom. The highest BCUT2D eigenvalue weighted by atomic mass is 16.3. The van der Waals surface area contributed by atoms with E-state index in [1.165, 1.54) is 0 Å². The standard InChI is InChI=1S/C22H19N3O3/c1-15(19-9-5-6-10-20(19)26)24-25-22(28)17-11-13-18(14-12-17)23-21(27)16-7-3-2-4-8-16/h2-14,26H,1H3,(H,23,27)(H,25,28)/b24-15+. The summed E-state index contributed by atoms with van der Waals surface area (Å²) in [6.07, 6.45) is 0. The fourth-order valence-electron chi connectivity index (χ4n) is 2.54. The summed E-state index contributed by atoms with van der Waals surface area (Å²) in [5, 5.41) is 16.6. The quantitative estimate of drug-likeness (QED) is 0.469. The van der Waals surface area contributed by atoms with E-state index in [1.807, 2.05) is 6.07 Å². The van der Waals surface area contributed by atoms with Gasteiger partial charge in [-0.25, -0.2) is 5.43 Å². The molecular weight excluding hydrogens is 354 g/mol. The molecule has 3 rings (SSSR count). The molecule has 6 heteroatoms. The number of hydrazone groups is 1. The van der Waals surface area contributed by atoms with Crippen LogP contribution in [0.3, 0.4) is 0 Å². The minimum Gasteiger partial charge on any atom is -0.507 e. The van der Waals surface area contributed by atoms with Gasteiger partial charge in [0.05, 0.1) is 5.71 Å². The van der Waals surface area contributed by atoms with E-state index in [1.54, 1.807) is 79.7 Å². The van der Waals surface area contributed by atoms with Crippen molar-refractivity contribution in [2.45, 2.75) is 6.92 Å². The minimum atomic E-state index is -0.393. The van der Waals surface area contributed by atoms with Crippen LogP contribution in [0.15, 0.2) is 84.0 Å². The zero-order valence-electron chi connectivity index (χ0n) is 15.2.